The first-order valence-electron chi connectivity index (χ1n) is 6.21. The standard InChI is InChI=1S/C13H20N4O/c1-13(18)4-7-17(8-5-13)9-10-3-2-6-16-11(10)12(14)15/h2-3,6,18H,4-5,7-9H2,1H3,(H3,14,15). The summed E-state index contributed by atoms with van der Waals surface area (Å²) in [6.45, 7) is 4.34. The van der Waals surface area contributed by atoms with Crippen LogP contribution in [0.15, 0.2) is 18.3 Å². The van der Waals surface area contributed by atoms with Gasteiger partial charge in [-0.25, -0.2) is 0 Å². The van der Waals surface area contributed by atoms with Crippen molar-refractivity contribution in [2.24, 2.45) is 5.73 Å². The van der Waals surface area contributed by atoms with E-state index in [2.05, 4.69) is 9.88 Å². The topological polar surface area (TPSA) is 86.2 Å². The van der Waals surface area contributed by atoms with Gasteiger partial charge >= 0.3 is 0 Å². The number of nitrogen functional groups attached to an aromatic ring is 1. The van der Waals surface area contributed by atoms with E-state index in [0.29, 0.717) is 5.69 Å². The minimum absolute atomic E-state index is 0.00889. The van der Waals surface area contributed by atoms with Crippen LogP contribution < -0.4 is 5.73 Å². The van der Waals surface area contributed by atoms with Gasteiger partial charge in [0, 0.05) is 25.8 Å². The van der Waals surface area contributed by atoms with Gasteiger partial charge in [-0.15, -0.1) is 0 Å². The van der Waals surface area contributed by atoms with Crippen molar-refractivity contribution in [3.63, 3.8) is 0 Å². The molecule has 1 aliphatic rings. The molecule has 0 saturated carbocycles. The number of hydrogen-bond donors (Lipinski definition) is 3. The van der Waals surface area contributed by atoms with Gasteiger partial charge in [0.15, 0.2) is 0 Å². The quantitative estimate of drug-likeness (QED) is 0.543. The Morgan fingerprint density at radius 2 is 2.22 bits per heavy atom. The third-order valence-corrected chi connectivity index (χ3v) is 3.47. The second kappa shape index (κ2) is 5.04. The minimum atomic E-state index is -0.533. The van der Waals surface area contributed by atoms with Crippen molar-refractivity contribution in [2.45, 2.75) is 31.9 Å². The molecular weight excluding hydrogens is 228 g/mol. The van der Waals surface area contributed by atoms with Crippen molar-refractivity contribution in [1.82, 2.24) is 9.88 Å². The number of aliphatic hydroxyl groups is 1. The Kier molecular flexibility index (Phi) is 3.63. The number of likely N-dealkylation sites (tertiary alicyclic amines) is 1. The summed E-state index contributed by atoms with van der Waals surface area (Å²) in [7, 11) is 0. The van der Waals surface area contributed by atoms with Crippen molar-refractivity contribution < 1.29 is 5.11 Å². The smallest absolute Gasteiger partial charge is 0.142 e. The Balaban J connectivity index is 2.04. The predicted octanol–water partition coefficient (Wildman–Crippen LogP) is 0.712. The Morgan fingerprint density at radius 3 is 2.83 bits per heavy atom. The van der Waals surface area contributed by atoms with Crippen LogP contribution in [0.3, 0.4) is 0 Å². The van der Waals surface area contributed by atoms with Gasteiger partial charge in [-0.3, -0.25) is 15.3 Å². The predicted molar refractivity (Wildman–Crippen MR) is 70.4 cm³/mol. The van der Waals surface area contributed by atoms with E-state index < -0.39 is 5.60 Å². The maximum atomic E-state index is 9.91. The molecule has 18 heavy (non-hydrogen) atoms. The van der Waals surface area contributed by atoms with Crippen molar-refractivity contribution in [3.8, 4) is 0 Å². The Labute approximate surface area is 107 Å². The molecule has 5 nitrogen and oxygen atoms in total. The number of amidine groups is 1. The highest BCUT2D eigenvalue weighted by atomic mass is 16.3. The summed E-state index contributed by atoms with van der Waals surface area (Å²) in [4.78, 5) is 6.41. The van der Waals surface area contributed by atoms with Crippen LogP contribution in [-0.2, 0) is 6.54 Å². The zero-order chi connectivity index (χ0) is 13.2. The number of nitrogens with zero attached hydrogens (tertiary/aromatic N) is 2. The van der Waals surface area contributed by atoms with E-state index in [4.69, 9.17) is 11.1 Å². The van der Waals surface area contributed by atoms with Gasteiger partial charge < -0.3 is 10.8 Å². The van der Waals surface area contributed by atoms with Crippen LogP contribution >= 0.6 is 0 Å². The average Bonchev–Trinajstić information content (AvgIpc) is 2.32. The number of aromatic nitrogens is 1. The molecule has 0 aliphatic carbocycles. The highest BCUT2D eigenvalue weighted by Crippen LogP contribution is 2.22. The molecular formula is C13H20N4O. The third-order valence-electron chi connectivity index (χ3n) is 3.47. The van der Waals surface area contributed by atoms with E-state index in [1.165, 1.54) is 0 Å². The van der Waals surface area contributed by atoms with Crippen molar-refractivity contribution in [3.05, 3.63) is 29.6 Å². The summed E-state index contributed by atoms with van der Waals surface area (Å²) in [6, 6.07) is 3.82. The zero-order valence-corrected chi connectivity index (χ0v) is 10.7. The van der Waals surface area contributed by atoms with Gasteiger partial charge in [0.2, 0.25) is 0 Å². The summed E-state index contributed by atoms with van der Waals surface area (Å²) >= 11 is 0. The van der Waals surface area contributed by atoms with Gasteiger partial charge in [0.1, 0.15) is 11.5 Å². The molecule has 2 rings (SSSR count). The minimum Gasteiger partial charge on any atom is -0.390 e. The maximum Gasteiger partial charge on any atom is 0.142 e. The fourth-order valence-corrected chi connectivity index (χ4v) is 2.24. The monoisotopic (exact) mass is 248 g/mol. The van der Waals surface area contributed by atoms with Gasteiger partial charge in [-0.05, 0) is 31.4 Å². The van der Waals surface area contributed by atoms with E-state index in [-0.39, 0.29) is 5.84 Å². The molecule has 1 fully saturated rings. The van der Waals surface area contributed by atoms with E-state index >= 15 is 0 Å². The highest BCUT2D eigenvalue weighted by Gasteiger charge is 2.27. The van der Waals surface area contributed by atoms with E-state index in [1.807, 2.05) is 19.1 Å². The lowest BCUT2D eigenvalue weighted by Crippen LogP contribution is -2.42. The number of pyridine rings is 1. The highest BCUT2D eigenvalue weighted by molar-refractivity contribution is 5.94. The normalized spacial score (nSPS) is 19.7. The number of rotatable bonds is 3. The molecule has 0 bridgehead atoms. The number of hydrogen-bond acceptors (Lipinski definition) is 4. The first-order chi connectivity index (χ1) is 8.48. The van der Waals surface area contributed by atoms with Gasteiger partial charge in [0.05, 0.1) is 5.60 Å². The second-order valence-electron chi connectivity index (χ2n) is 5.20. The molecule has 1 saturated heterocycles. The van der Waals surface area contributed by atoms with E-state index in [1.54, 1.807) is 6.20 Å². The molecule has 0 spiro atoms. The molecule has 0 amide bonds. The van der Waals surface area contributed by atoms with Crippen molar-refractivity contribution in [2.75, 3.05) is 13.1 Å². The first kappa shape index (κ1) is 13.0. The fraction of sp³-hybridized carbons (Fsp3) is 0.538. The number of piperidine rings is 1. The van der Waals surface area contributed by atoms with Gasteiger partial charge in [-0.1, -0.05) is 6.07 Å². The Bertz CT molecular complexity index is 434. The molecule has 1 aromatic rings. The lowest BCUT2D eigenvalue weighted by atomic mass is 9.93. The van der Waals surface area contributed by atoms with E-state index in [9.17, 15) is 5.11 Å². The number of nitrogens with two attached hydrogens (primary N) is 1. The number of nitrogens with one attached hydrogen (secondary N) is 1. The van der Waals surface area contributed by atoms with Crippen molar-refractivity contribution >= 4 is 5.84 Å². The Morgan fingerprint density at radius 1 is 1.56 bits per heavy atom. The molecule has 98 valence electrons. The molecule has 0 radical (unpaired) electrons. The summed E-state index contributed by atoms with van der Waals surface area (Å²) < 4.78 is 0. The van der Waals surface area contributed by atoms with Crippen LogP contribution in [0, 0.1) is 5.41 Å². The van der Waals surface area contributed by atoms with Crippen LogP contribution in [0.25, 0.3) is 0 Å². The van der Waals surface area contributed by atoms with E-state index in [0.717, 1.165) is 38.0 Å². The van der Waals surface area contributed by atoms with Crippen LogP contribution in [0.4, 0.5) is 0 Å². The molecule has 1 aromatic heterocycles. The molecule has 4 N–H and O–H groups in total. The largest absolute Gasteiger partial charge is 0.390 e. The molecule has 0 unspecified atom stereocenters. The van der Waals surface area contributed by atoms with Crippen molar-refractivity contribution in [1.29, 1.82) is 5.41 Å². The first-order valence-corrected chi connectivity index (χ1v) is 6.21. The van der Waals surface area contributed by atoms with Gasteiger partial charge in [0.25, 0.3) is 0 Å². The van der Waals surface area contributed by atoms with Crippen LogP contribution in [-0.4, -0.2) is 39.5 Å². The van der Waals surface area contributed by atoms with Crippen LogP contribution in [0.5, 0.6) is 0 Å². The SMILES string of the molecule is CC1(O)CCN(Cc2cccnc2C(=N)N)CC1. The lowest BCUT2D eigenvalue weighted by Gasteiger charge is -2.35. The lowest BCUT2D eigenvalue weighted by molar-refractivity contribution is -0.00732. The summed E-state index contributed by atoms with van der Waals surface area (Å²) in [5.41, 5.74) is 6.54. The van der Waals surface area contributed by atoms with Gasteiger partial charge in [-0.2, -0.15) is 0 Å². The maximum absolute atomic E-state index is 9.91. The Hall–Kier alpha value is -1.46. The molecule has 2 heterocycles. The second-order valence-corrected chi connectivity index (χ2v) is 5.20. The molecule has 0 atom stereocenters. The average molecular weight is 248 g/mol. The zero-order valence-electron chi connectivity index (χ0n) is 10.7. The van der Waals surface area contributed by atoms with Crippen LogP contribution in [0.2, 0.25) is 0 Å². The fourth-order valence-electron chi connectivity index (χ4n) is 2.24. The molecule has 0 aromatic carbocycles. The van der Waals surface area contributed by atoms with Crippen LogP contribution in [0.1, 0.15) is 31.0 Å². The summed E-state index contributed by atoms with van der Waals surface area (Å²) in [5, 5.41) is 17.4. The molecule has 5 heteroatoms. The molecule has 1 aliphatic heterocycles. The third kappa shape index (κ3) is 3.05. The summed E-state index contributed by atoms with van der Waals surface area (Å²) in [6.07, 6.45) is 3.21. The summed E-state index contributed by atoms with van der Waals surface area (Å²) in [5.74, 6) is 0.00889.